The van der Waals surface area contributed by atoms with E-state index in [-0.39, 0.29) is 6.42 Å². The predicted molar refractivity (Wildman–Crippen MR) is 199 cm³/mol. The Morgan fingerprint density at radius 1 is 0.660 bits per heavy atom. The van der Waals surface area contributed by atoms with Crippen LogP contribution in [0, 0.1) is 0 Å². The number of hydrogen-bond donors (Lipinski definition) is 7. The predicted octanol–water partition coefficient (Wildman–Crippen LogP) is 3.52. The molecule has 4 aromatic rings. The third-order valence-electron chi connectivity index (χ3n) is 8.27. The number of ether oxygens (including phenoxy) is 1. The lowest BCUT2D eigenvalue weighted by atomic mass is 9.77. The van der Waals surface area contributed by atoms with Crippen LogP contribution in [0.3, 0.4) is 0 Å². The summed E-state index contributed by atoms with van der Waals surface area (Å²) in [6.07, 6.45) is -2.00. The van der Waals surface area contributed by atoms with Crippen molar-refractivity contribution in [2.45, 2.75) is 69.8 Å². The Kier molecular flexibility index (Phi) is 13.3. The normalized spacial score (nSPS) is 13.0. The Bertz CT molecular complexity index is 1750. The van der Waals surface area contributed by atoms with Gasteiger partial charge in [-0.2, -0.15) is 0 Å². The molecule has 0 heterocycles. The fourth-order valence-electron chi connectivity index (χ4n) is 5.85. The molecule has 53 heavy (non-hydrogen) atoms. The lowest BCUT2D eigenvalue weighted by molar-refractivity contribution is -0.134. The van der Waals surface area contributed by atoms with Gasteiger partial charge in [0.1, 0.15) is 35.0 Å². The van der Waals surface area contributed by atoms with Crippen LogP contribution in [0.5, 0.6) is 5.75 Å². The maximum absolute atomic E-state index is 14.1. The standard InChI is InChI=1S/C40H46N6O7/c1-26(42-38(51)52)35(48)43-32(24-27-20-22-31(23-21-27)53-39(2,3)4)36(49)44-33(37(50)46-41)25-34(47)45-40(28-14-8-5-9-15-28,29-16-10-6-11-17-29)30-18-12-7-13-19-30/h5-23,26,32-33,42H,24-25,41H2,1-4H3,(H,43,48)(H,44,49)(H,45,47)(H,46,50)(H,51,52). The molecule has 0 spiro atoms. The highest BCUT2D eigenvalue weighted by atomic mass is 16.5. The summed E-state index contributed by atoms with van der Waals surface area (Å²) in [6, 6.07) is 31.0. The molecule has 13 heteroatoms. The second-order valence-corrected chi connectivity index (χ2v) is 13.5. The zero-order chi connectivity index (χ0) is 38.6. The average Bonchev–Trinajstić information content (AvgIpc) is 3.13. The van der Waals surface area contributed by atoms with E-state index >= 15 is 0 Å². The van der Waals surface area contributed by atoms with Gasteiger partial charge in [0.25, 0.3) is 5.91 Å². The van der Waals surface area contributed by atoms with Crippen LogP contribution in [-0.4, -0.2) is 58.6 Å². The van der Waals surface area contributed by atoms with Gasteiger partial charge in [0, 0.05) is 6.42 Å². The molecule has 0 saturated heterocycles. The van der Waals surface area contributed by atoms with E-state index in [1.807, 2.05) is 117 Å². The van der Waals surface area contributed by atoms with Crippen molar-refractivity contribution in [3.8, 4) is 5.75 Å². The van der Waals surface area contributed by atoms with E-state index in [2.05, 4.69) is 21.3 Å². The molecule has 0 bridgehead atoms. The fourth-order valence-corrected chi connectivity index (χ4v) is 5.85. The lowest BCUT2D eigenvalue weighted by Crippen LogP contribution is -2.58. The highest BCUT2D eigenvalue weighted by Gasteiger charge is 2.39. The Hall–Kier alpha value is -6.21. The summed E-state index contributed by atoms with van der Waals surface area (Å²) < 4.78 is 5.88. The van der Waals surface area contributed by atoms with Crippen molar-refractivity contribution in [1.29, 1.82) is 0 Å². The number of nitrogens with one attached hydrogen (secondary N) is 5. The molecule has 0 aromatic heterocycles. The molecular weight excluding hydrogens is 676 g/mol. The first-order valence-electron chi connectivity index (χ1n) is 17.1. The molecule has 4 rings (SSSR count). The van der Waals surface area contributed by atoms with Crippen molar-refractivity contribution in [3.63, 3.8) is 0 Å². The van der Waals surface area contributed by atoms with E-state index < -0.39 is 65.4 Å². The Morgan fingerprint density at radius 2 is 1.13 bits per heavy atom. The third-order valence-corrected chi connectivity index (χ3v) is 8.27. The first-order chi connectivity index (χ1) is 25.2. The molecule has 0 aliphatic rings. The maximum atomic E-state index is 14.1. The molecule has 278 valence electrons. The quantitative estimate of drug-likeness (QED) is 0.0418. The van der Waals surface area contributed by atoms with E-state index in [0.717, 1.165) is 16.7 Å². The average molecular weight is 723 g/mol. The van der Waals surface area contributed by atoms with Crippen molar-refractivity contribution in [2.24, 2.45) is 5.84 Å². The molecule has 0 fully saturated rings. The molecule has 3 unspecified atom stereocenters. The number of carbonyl (C=O) groups is 5. The van der Waals surface area contributed by atoms with Crippen molar-refractivity contribution in [2.75, 3.05) is 0 Å². The van der Waals surface area contributed by atoms with Crippen LogP contribution in [0.4, 0.5) is 4.79 Å². The zero-order valence-electron chi connectivity index (χ0n) is 30.1. The number of hydrazine groups is 1. The molecule has 3 atom stereocenters. The number of carboxylic acid groups (broad SMARTS) is 1. The van der Waals surface area contributed by atoms with Crippen LogP contribution < -0.4 is 37.3 Å². The third kappa shape index (κ3) is 10.9. The fraction of sp³-hybridized carbons (Fsp3) is 0.275. The molecule has 8 N–H and O–H groups in total. The van der Waals surface area contributed by atoms with E-state index in [1.54, 1.807) is 24.3 Å². The van der Waals surface area contributed by atoms with Gasteiger partial charge in [-0.05, 0) is 62.1 Å². The summed E-state index contributed by atoms with van der Waals surface area (Å²) in [5.41, 5.74) is 3.26. The number of benzene rings is 4. The molecule has 13 nitrogen and oxygen atoms in total. The molecular formula is C40H46N6O7. The Morgan fingerprint density at radius 3 is 1.57 bits per heavy atom. The summed E-state index contributed by atoms with van der Waals surface area (Å²) in [5.74, 6) is 3.08. The molecule has 0 radical (unpaired) electrons. The monoisotopic (exact) mass is 722 g/mol. The second-order valence-electron chi connectivity index (χ2n) is 13.5. The lowest BCUT2D eigenvalue weighted by Gasteiger charge is -2.37. The van der Waals surface area contributed by atoms with Crippen molar-refractivity contribution < 1.29 is 33.8 Å². The van der Waals surface area contributed by atoms with Gasteiger partial charge in [-0.25, -0.2) is 10.6 Å². The van der Waals surface area contributed by atoms with Crippen LogP contribution in [0.15, 0.2) is 115 Å². The van der Waals surface area contributed by atoms with E-state index in [0.29, 0.717) is 11.3 Å². The second kappa shape index (κ2) is 17.8. The first-order valence-corrected chi connectivity index (χ1v) is 17.1. The summed E-state index contributed by atoms with van der Waals surface area (Å²) in [4.78, 5) is 65.4. The van der Waals surface area contributed by atoms with Crippen LogP contribution in [0.1, 0.15) is 56.4 Å². The number of carbonyl (C=O) groups excluding carboxylic acids is 4. The minimum atomic E-state index is -1.47. The number of amides is 5. The molecule has 0 aliphatic heterocycles. The largest absolute Gasteiger partial charge is 0.488 e. The zero-order valence-corrected chi connectivity index (χ0v) is 30.1. The number of hydrogen-bond acceptors (Lipinski definition) is 7. The summed E-state index contributed by atoms with van der Waals surface area (Å²) >= 11 is 0. The summed E-state index contributed by atoms with van der Waals surface area (Å²) in [6.45, 7) is 7.04. The van der Waals surface area contributed by atoms with Crippen LogP contribution in [-0.2, 0) is 31.1 Å². The molecule has 5 amide bonds. The SMILES string of the molecule is CC(NC(=O)O)C(=O)NC(Cc1ccc(OC(C)(C)C)cc1)C(=O)NC(CC(=O)NC(c1ccccc1)(c1ccccc1)c1ccccc1)C(=O)NN. The molecule has 0 aliphatic carbocycles. The summed E-state index contributed by atoms with van der Waals surface area (Å²) in [5, 5.41) is 19.5. The van der Waals surface area contributed by atoms with Gasteiger partial charge < -0.3 is 31.1 Å². The van der Waals surface area contributed by atoms with Gasteiger partial charge in [-0.1, -0.05) is 103 Å². The van der Waals surface area contributed by atoms with Crippen molar-refractivity contribution >= 4 is 29.7 Å². The van der Waals surface area contributed by atoms with Crippen molar-refractivity contribution in [3.05, 3.63) is 138 Å². The van der Waals surface area contributed by atoms with Crippen LogP contribution >= 0.6 is 0 Å². The number of nitrogens with two attached hydrogens (primary N) is 1. The summed E-state index contributed by atoms with van der Waals surface area (Å²) in [7, 11) is 0. The molecule has 4 aromatic carbocycles. The Balaban J connectivity index is 1.64. The van der Waals surface area contributed by atoms with E-state index in [4.69, 9.17) is 15.7 Å². The highest BCUT2D eigenvalue weighted by molar-refractivity contribution is 5.95. The first kappa shape index (κ1) is 39.6. The van der Waals surface area contributed by atoms with Gasteiger partial charge >= 0.3 is 6.09 Å². The van der Waals surface area contributed by atoms with Gasteiger partial charge in [0.05, 0.1) is 6.42 Å². The van der Waals surface area contributed by atoms with Gasteiger partial charge in [0.2, 0.25) is 17.7 Å². The maximum Gasteiger partial charge on any atom is 0.405 e. The molecule has 0 saturated carbocycles. The minimum Gasteiger partial charge on any atom is -0.488 e. The number of rotatable bonds is 15. The topological polar surface area (TPSA) is 201 Å². The van der Waals surface area contributed by atoms with Gasteiger partial charge in [-0.15, -0.1) is 0 Å². The van der Waals surface area contributed by atoms with Crippen LogP contribution in [0.25, 0.3) is 0 Å². The van der Waals surface area contributed by atoms with Gasteiger partial charge in [-0.3, -0.25) is 24.6 Å². The van der Waals surface area contributed by atoms with E-state index in [1.165, 1.54) is 6.92 Å². The minimum absolute atomic E-state index is 0.0462. The van der Waals surface area contributed by atoms with E-state index in [9.17, 15) is 24.0 Å². The highest BCUT2D eigenvalue weighted by Crippen LogP contribution is 2.37. The smallest absolute Gasteiger partial charge is 0.405 e. The Labute approximate surface area is 308 Å². The van der Waals surface area contributed by atoms with Crippen molar-refractivity contribution in [1.82, 2.24) is 26.7 Å². The van der Waals surface area contributed by atoms with Crippen LogP contribution in [0.2, 0.25) is 0 Å². The van der Waals surface area contributed by atoms with Gasteiger partial charge in [0.15, 0.2) is 0 Å².